The number of ether oxygens (including phenoxy) is 2. The molecule has 0 fully saturated rings. The van der Waals surface area contributed by atoms with Crippen LogP contribution in [0, 0.1) is 0 Å². The Morgan fingerprint density at radius 3 is 2.29 bits per heavy atom. The van der Waals surface area contributed by atoms with E-state index in [0.29, 0.717) is 22.7 Å². The van der Waals surface area contributed by atoms with E-state index in [-0.39, 0.29) is 36.5 Å². The quantitative estimate of drug-likeness (QED) is 0.591. The van der Waals surface area contributed by atoms with Crippen LogP contribution in [0.5, 0.6) is 11.5 Å². The van der Waals surface area contributed by atoms with Crippen LogP contribution >= 0.6 is 0 Å². The molecule has 1 aliphatic heterocycles. The number of fused-ring (bicyclic) bond motifs is 1. The summed E-state index contributed by atoms with van der Waals surface area (Å²) in [6.45, 7) is 7.32. The van der Waals surface area contributed by atoms with Crippen molar-refractivity contribution in [2.24, 2.45) is 0 Å². The Morgan fingerprint density at radius 2 is 1.68 bits per heavy atom. The van der Waals surface area contributed by atoms with Crippen molar-refractivity contribution in [1.82, 2.24) is 5.32 Å². The van der Waals surface area contributed by atoms with E-state index in [1.165, 1.54) is 13.8 Å². The first-order chi connectivity index (χ1) is 14.6. The van der Waals surface area contributed by atoms with Crippen LogP contribution in [0.15, 0.2) is 36.4 Å². The number of hydrogen-bond donors (Lipinski definition) is 3. The van der Waals surface area contributed by atoms with Gasteiger partial charge in [-0.25, -0.2) is 0 Å². The van der Waals surface area contributed by atoms with Crippen molar-refractivity contribution in [2.45, 2.75) is 39.7 Å². The molecule has 0 radical (unpaired) electrons. The summed E-state index contributed by atoms with van der Waals surface area (Å²) < 4.78 is 11.8. The number of para-hydroxylation sites is 1. The summed E-state index contributed by atoms with van der Waals surface area (Å²) >= 11 is 0. The van der Waals surface area contributed by atoms with Gasteiger partial charge in [0.25, 0.3) is 5.91 Å². The molecule has 3 amide bonds. The predicted octanol–water partition coefficient (Wildman–Crippen LogP) is 3.13. The van der Waals surface area contributed by atoms with E-state index < -0.39 is 0 Å². The molecule has 0 unspecified atom stereocenters. The Balaban J connectivity index is 1.61. The lowest BCUT2D eigenvalue weighted by molar-refractivity contribution is -0.115. The number of anilines is 2. The van der Waals surface area contributed by atoms with Crippen LogP contribution < -0.4 is 25.4 Å². The molecular formula is C23H27N3O5. The first-order valence-corrected chi connectivity index (χ1v) is 10.1. The van der Waals surface area contributed by atoms with Gasteiger partial charge in [-0.15, -0.1) is 0 Å². The lowest BCUT2D eigenvalue weighted by Crippen LogP contribution is -2.28. The Labute approximate surface area is 181 Å². The highest BCUT2D eigenvalue weighted by Gasteiger charge is 2.32. The van der Waals surface area contributed by atoms with Crippen molar-refractivity contribution < 1.29 is 23.9 Å². The van der Waals surface area contributed by atoms with Crippen LogP contribution in [0.3, 0.4) is 0 Å². The zero-order valence-electron chi connectivity index (χ0n) is 18.1. The fourth-order valence-electron chi connectivity index (χ4n) is 3.44. The molecule has 0 aromatic heterocycles. The van der Waals surface area contributed by atoms with Crippen LogP contribution in [0.1, 0.15) is 43.6 Å². The van der Waals surface area contributed by atoms with Gasteiger partial charge in [0.1, 0.15) is 12.2 Å². The Morgan fingerprint density at radius 1 is 1.03 bits per heavy atom. The SMILES string of the molecule is CC(=O)Nc1cc(NC(C)=O)cc(C(=O)NCCOc2cccc3c2OC(C)(C)C3)c1. The molecule has 0 saturated heterocycles. The second-order valence-corrected chi connectivity index (χ2v) is 8.05. The van der Waals surface area contributed by atoms with Crippen molar-refractivity contribution in [3.63, 3.8) is 0 Å². The fourth-order valence-corrected chi connectivity index (χ4v) is 3.44. The maximum Gasteiger partial charge on any atom is 0.251 e. The molecule has 8 heteroatoms. The van der Waals surface area contributed by atoms with Crippen molar-refractivity contribution in [3.8, 4) is 11.5 Å². The summed E-state index contributed by atoms with van der Waals surface area (Å²) in [6.07, 6.45) is 0.817. The number of amides is 3. The van der Waals surface area contributed by atoms with Crippen LogP contribution in [-0.2, 0) is 16.0 Å². The Bertz CT molecular complexity index is 982. The van der Waals surface area contributed by atoms with E-state index >= 15 is 0 Å². The highest BCUT2D eigenvalue weighted by molar-refractivity contribution is 5.99. The first-order valence-electron chi connectivity index (χ1n) is 10.1. The zero-order chi connectivity index (χ0) is 22.6. The maximum absolute atomic E-state index is 12.6. The minimum absolute atomic E-state index is 0.260. The van der Waals surface area contributed by atoms with Gasteiger partial charge in [0.05, 0.1) is 6.54 Å². The number of benzene rings is 2. The predicted molar refractivity (Wildman–Crippen MR) is 118 cm³/mol. The molecule has 0 spiro atoms. The highest BCUT2D eigenvalue weighted by Crippen LogP contribution is 2.41. The average Bonchev–Trinajstić information content (AvgIpc) is 2.98. The van der Waals surface area contributed by atoms with E-state index in [4.69, 9.17) is 9.47 Å². The Kier molecular flexibility index (Phi) is 6.48. The number of hydrogen-bond acceptors (Lipinski definition) is 5. The molecule has 3 N–H and O–H groups in total. The summed E-state index contributed by atoms with van der Waals surface area (Å²) in [5.41, 5.74) is 1.98. The van der Waals surface area contributed by atoms with Gasteiger partial charge in [-0.2, -0.15) is 0 Å². The normalized spacial score (nSPS) is 13.5. The zero-order valence-corrected chi connectivity index (χ0v) is 18.1. The van der Waals surface area contributed by atoms with Gasteiger partial charge in [0.2, 0.25) is 11.8 Å². The molecule has 31 heavy (non-hydrogen) atoms. The van der Waals surface area contributed by atoms with Gasteiger partial charge in [-0.3, -0.25) is 14.4 Å². The maximum atomic E-state index is 12.6. The smallest absolute Gasteiger partial charge is 0.251 e. The molecule has 164 valence electrons. The van der Waals surface area contributed by atoms with Crippen molar-refractivity contribution in [3.05, 3.63) is 47.5 Å². The van der Waals surface area contributed by atoms with E-state index in [1.807, 2.05) is 32.0 Å². The lowest BCUT2D eigenvalue weighted by atomic mass is 10.0. The molecule has 2 aromatic rings. The number of nitrogens with one attached hydrogen (secondary N) is 3. The largest absolute Gasteiger partial charge is 0.488 e. The van der Waals surface area contributed by atoms with E-state index in [2.05, 4.69) is 16.0 Å². The van der Waals surface area contributed by atoms with Crippen molar-refractivity contribution in [1.29, 1.82) is 0 Å². The third kappa shape index (κ3) is 5.97. The molecule has 1 aliphatic rings. The van der Waals surface area contributed by atoms with Crippen LogP contribution in [0.25, 0.3) is 0 Å². The third-order valence-corrected chi connectivity index (χ3v) is 4.54. The summed E-state index contributed by atoms with van der Waals surface area (Å²) in [5.74, 6) is 0.499. The third-order valence-electron chi connectivity index (χ3n) is 4.54. The molecule has 8 nitrogen and oxygen atoms in total. The van der Waals surface area contributed by atoms with Crippen molar-refractivity contribution in [2.75, 3.05) is 23.8 Å². The lowest BCUT2D eigenvalue weighted by Gasteiger charge is -2.18. The van der Waals surface area contributed by atoms with Gasteiger partial charge >= 0.3 is 0 Å². The van der Waals surface area contributed by atoms with Gasteiger partial charge in [0, 0.05) is 42.8 Å². The van der Waals surface area contributed by atoms with Crippen LogP contribution in [-0.4, -0.2) is 36.5 Å². The van der Waals surface area contributed by atoms with Gasteiger partial charge in [-0.05, 0) is 38.1 Å². The molecule has 3 rings (SSSR count). The summed E-state index contributed by atoms with van der Waals surface area (Å²) in [5, 5.41) is 8.03. The second kappa shape index (κ2) is 9.07. The number of carbonyl (C=O) groups excluding carboxylic acids is 3. The summed E-state index contributed by atoms with van der Waals surface area (Å²) in [4.78, 5) is 35.3. The average molecular weight is 425 g/mol. The molecular weight excluding hydrogens is 398 g/mol. The summed E-state index contributed by atoms with van der Waals surface area (Å²) in [7, 11) is 0. The van der Waals surface area contributed by atoms with Crippen molar-refractivity contribution >= 4 is 29.1 Å². The molecule has 1 heterocycles. The highest BCUT2D eigenvalue weighted by atomic mass is 16.5. The number of rotatable bonds is 7. The van der Waals surface area contributed by atoms with Crippen LogP contribution in [0.4, 0.5) is 11.4 Å². The first kappa shape index (κ1) is 22.1. The minimum atomic E-state index is -0.349. The second-order valence-electron chi connectivity index (χ2n) is 8.05. The van der Waals surface area contributed by atoms with E-state index in [9.17, 15) is 14.4 Å². The number of carbonyl (C=O) groups is 3. The molecule has 2 aromatic carbocycles. The summed E-state index contributed by atoms with van der Waals surface area (Å²) in [6, 6.07) is 10.5. The van der Waals surface area contributed by atoms with Gasteiger partial charge in [0.15, 0.2) is 11.5 Å². The fraction of sp³-hybridized carbons (Fsp3) is 0.348. The topological polar surface area (TPSA) is 106 Å². The standard InChI is InChI=1S/C23H27N3O5/c1-14(27)25-18-10-17(11-19(12-18)26-15(2)28)22(29)24-8-9-30-20-7-5-6-16-13-23(3,4)31-21(16)20/h5-7,10-12H,8-9,13H2,1-4H3,(H,24,29)(H,25,27)(H,26,28). The minimum Gasteiger partial charge on any atom is -0.488 e. The molecule has 0 saturated carbocycles. The molecule has 0 aliphatic carbocycles. The molecule has 0 bridgehead atoms. The van der Waals surface area contributed by atoms with Crippen LogP contribution in [0.2, 0.25) is 0 Å². The van der Waals surface area contributed by atoms with E-state index in [1.54, 1.807) is 18.2 Å². The molecule has 0 atom stereocenters. The van der Waals surface area contributed by atoms with E-state index in [0.717, 1.165) is 17.7 Å². The monoisotopic (exact) mass is 425 g/mol. The van der Waals surface area contributed by atoms with Gasteiger partial charge < -0.3 is 25.4 Å². The van der Waals surface area contributed by atoms with Gasteiger partial charge in [-0.1, -0.05) is 12.1 Å². The Hall–Kier alpha value is -3.55.